The predicted molar refractivity (Wildman–Crippen MR) is 101 cm³/mol. The largest absolute Gasteiger partial charge is 0.508 e. The van der Waals surface area contributed by atoms with E-state index >= 15 is 0 Å². The Morgan fingerprint density at radius 2 is 1.85 bits per heavy atom. The Bertz CT molecular complexity index is 725. The third kappa shape index (κ3) is 5.28. The molecule has 2 N–H and O–H groups in total. The number of hydrogen-bond donors (Lipinski definition) is 2. The highest BCUT2D eigenvalue weighted by atomic mass is 16.6. The quantitative estimate of drug-likeness (QED) is 0.588. The number of phenolic OH excluding ortho intramolecular Hbond substituents is 1. The van der Waals surface area contributed by atoms with Crippen molar-refractivity contribution in [2.24, 2.45) is 5.92 Å². The van der Waals surface area contributed by atoms with Gasteiger partial charge in [-0.2, -0.15) is 0 Å². The summed E-state index contributed by atoms with van der Waals surface area (Å²) in [5.41, 5.74) is 2.32. The molecule has 1 fully saturated rings. The second kappa shape index (κ2) is 8.78. The van der Waals surface area contributed by atoms with Crippen molar-refractivity contribution in [3.05, 3.63) is 69.8 Å². The average Bonchev–Trinajstić information content (AvgIpc) is 2.65. The number of non-ortho nitro benzene ring substituents is 1. The van der Waals surface area contributed by atoms with Crippen LogP contribution in [0.25, 0.3) is 0 Å². The summed E-state index contributed by atoms with van der Waals surface area (Å²) < 4.78 is 0. The summed E-state index contributed by atoms with van der Waals surface area (Å²) in [6.45, 7) is 4.67. The monoisotopic (exact) mass is 355 g/mol. The lowest BCUT2D eigenvalue weighted by Crippen LogP contribution is -2.36. The number of nitro groups is 1. The fraction of sp³-hybridized carbons (Fsp3) is 0.400. The lowest BCUT2D eigenvalue weighted by atomic mass is 9.96. The van der Waals surface area contributed by atoms with Gasteiger partial charge in [0.05, 0.1) is 4.92 Å². The molecule has 2 aromatic carbocycles. The first-order valence-corrected chi connectivity index (χ1v) is 9.04. The van der Waals surface area contributed by atoms with Crippen molar-refractivity contribution in [3.8, 4) is 5.75 Å². The van der Waals surface area contributed by atoms with Crippen LogP contribution in [0.2, 0.25) is 0 Å². The van der Waals surface area contributed by atoms with Crippen molar-refractivity contribution >= 4 is 5.69 Å². The van der Waals surface area contributed by atoms with Gasteiger partial charge >= 0.3 is 0 Å². The molecule has 1 aliphatic heterocycles. The van der Waals surface area contributed by atoms with Gasteiger partial charge in [0.2, 0.25) is 0 Å². The van der Waals surface area contributed by atoms with Crippen molar-refractivity contribution in [2.75, 3.05) is 19.6 Å². The fourth-order valence-corrected chi connectivity index (χ4v) is 3.41. The Balaban J connectivity index is 1.38. The zero-order valence-electron chi connectivity index (χ0n) is 14.8. The van der Waals surface area contributed by atoms with Crippen molar-refractivity contribution in [2.45, 2.75) is 25.9 Å². The molecule has 0 unspecified atom stereocenters. The number of piperidine rings is 1. The average molecular weight is 355 g/mol. The standard InChI is InChI=1S/C20H25N3O3/c24-20-6-4-17(5-7-20)15-22-10-8-16(9-11-22)13-21-14-18-2-1-3-19(12-18)23(25)26/h1-7,12,16,21,24H,8-11,13-15H2. The number of benzene rings is 2. The molecule has 0 aliphatic carbocycles. The van der Waals surface area contributed by atoms with E-state index in [4.69, 9.17) is 0 Å². The minimum Gasteiger partial charge on any atom is -0.508 e. The van der Waals surface area contributed by atoms with E-state index in [0.717, 1.165) is 44.6 Å². The van der Waals surface area contributed by atoms with Gasteiger partial charge in [0.15, 0.2) is 0 Å². The third-order valence-corrected chi connectivity index (χ3v) is 4.93. The van der Waals surface area contributed by atoms with Crippen LogP contribution in [0.5, 0.6) is 5.75 Å². The van der Waals surface area contributed by atoms with E-state index in [1.165, 1.54) is 11.6 Å². The van der Waals surface area contributed by atoms with Crippen molar-refractivity contribution in [3.63, 3.8) is 0 Å². The van der Waals surface area contributed by atoms with Gasteiger partial charge in [-0.25, -0.2) is 0 Å². The van der Waals surface area contributed by atoms with Gasteiger partial charge in [0, 0.05) is 25.2 Å². The minimum atomic E-state index is -0.354. The molecule has 0 radical (unpaired) electrons. The summed E-state index contributed by atoms with van der Waals surface area (Å²) in [5.74, 6) is 0.951. The normalized spacial score (nSPS) is 15.8. The lowest BCUT2D eigenvalue weighted by Gasteiger charge is -2.32. The Kier molecular flexibility index (Phi) is 6.20. The highest BCUT2D eigenvalue weighted by Gasteiger charge is 2.19. The van der Waals surface area contributed by atoms with E-state index < -0.39 is 0 Å². The number of nitrogens with zero attached hydrogens (tertiary/aromatic N) is 2. The molecule has 0 saturated carbocycles. The topological polar surface area (TPSA) is 78.6 Å². The van der Waals surface area contributed by atoms with Crippen LogP contribution >= 0.6 is 0 Å². The van der Waals surface area contributed by atoms with Gasteiger partial charge in [-0.05, 0) is 61.7 Å². The predicted octanol–water partition coefficient (Wildman–Crippen LogP) is 3.30. The fourth-order valence-electron chi connectivity index (χ4n) is 3.41. The Labute approximate surface area is 153 Å². The van der Waals surface area contributed by atoms with Crippen molar-refractivity contribution in [1.82, 2.24) is 10.2 Å². The van der Waals surface area contributed by atoms with Crippen molar-refractivity contribution < 1.29 is 10.0 Å². The molecule has 0 bridgehead atoms. The summed E-state index contributed by atoms with van der Waals surface area (Å²) in [6.07, 6.45) is 2.31. The van der Waals surface area contributed by atoms with Crippen LogP contribution in [0.4, 0.5) is 5.69 Å². The molecule has 0 spiro atoms. The number of aromatic hydroxyl groups is 1. The van der Waals surface area contributed by atoms with Crippen LogP contribution in [0, 0.1) is 16.0 Å². The molecule has 0 amide bonds. The van der Waals surface area contributed by atoms with E-state index in [2.05, 4.69) is 10.2 Å². The SMILES string of the molecule is O=[N+]([O-])c1cccc(CNCC2CCN(Cc3ccc(O)cc3)CC2)c1. The molecule has 2 aromatic rings. The molecule has 1 saturated heterocycles. The van der Waals surface area contributed by atoms with Gasteiger partial charge in [-0.3, -0.25) is 15.0 Å². The lowest BCUT2D eigenvalue weighted by molar-refractivity contribution is -0.384. The molecule has 3 rings (SSSR count). The highest BCUT2D eigenvalue weighted by molar-refractivity contribution is 5.34. The summed E-state index contributed by atoms with van der Waals surface area (Å²) in [4.78, 5) is 12.9. The number of nitro benzene ring substituents is 1. The Morgan fingerprint density at radius 1 is 1.12 bits per heavy atom. The number of nitrogens with one attached hydrogen (secondary N) is 1. The molecular weight excluding hydrogens is 330 g/mol. The molecule has 6 heteroatoms. The van der Waals surface area contributed by atoms with Crippen LogP contribution in [-0.2, 0) is 13.1 Å². The maximum absolute atomic E-state index is 10.8. The highest BCUT2D eigenvalue weighted by Crippen LogP contribution is 2.20. The molecule has 0 aromatic heterocycles. The summed E-state index contributed by atoms with van der Waals surface area (Å²) in [6, 6.07) is 14.2. The number of rotatable bonds is 7. The van der Waals surface area contributed by atoms with E-state index in [9.17, 15) is 15.2 Å². The maximum Gasteiger partial charge on any atom is 0.269 e. The first-order chi connectivity index (χ1) is 12.6. The zero-order chi connectivity index (χ0) is 18.4. The van der Waals surface area contributed by atoms with Crippen LogP contribution in [0.1, 0.15) is 24.0 Å². The maximum atomic E-state index is 10.8. The van der Waals surface area contributed by atoms with E-state index in [0.29, 0.717) is 18.2 Å². The molecule has 26 heavy (non-hydrogen) atoms. The molecule has 0 atom stereocenters. The molecule has 6 nitrogen and oxygen atoms in total. The van der Waals surface area contributed by atoms with E-state index in [-0.39, 0.29) is 10.6 Å². The molecular formula is C20H25N3O3. The second-order valence-electron chi connectivity index (χ2n) is 6.94. The smallest absolute Gasteiger partial charge is 0.269 e. The van der Waals surface area contributed by atoms with Gasteiger partial charge in [-0.1, -0.05) is 24.3 Å². The Hall–Kier alpha value is -2.44. The van der Waals surface area contributed by atoms with Crippen LogP contribution < -0.4 is 5.32 Å². The molecule has 1 heterocycles. The summed E-state index contributed by atoms with van der Waals surface area (Å²) in [7, 11) is 0. The van der Waals surface area contributed by atoms with Gasteiger partial charge in [-0.15, -0.1) is 0 Å². The first kappa shape index (κ1) is 18.4. The van der Waals surface area contributed by atoms with Gasteiger partial charge in [0.25, 0.3) is 5.69 Å². The Morgan fingerprint density at radius 3 is 2.54 bits per heavy atom. The molecule has 138 valence electrons. The van der Waals surface area contributed by atoms with Crippen LogP contribution in [0.15, 0.2) is 48.5 Å². The third-order valence-electron chi connectivity index (χ3n) is 4.93. The van der Waals surface area contributed by atoms with Gasteiger partial charge in [0.1, 0.15) is 5.75 Å². The molecule has 1 aliphatic rings. The van der Waals surface area contributed by atoms with Gasteiger partial charge < -0.3 is 10.4 Å². The summed E-state index contributed by atoms with van der Waals surface area (Å²) >= 11 is 0. The number of hydrogen-bond acceptors (Lipinski definition) is 5. The second-order valence-corrected chi connectivity index (χ2v) is 6.94. The minimum absolute atomic E-state index is 0.145. The van der Waals surface area contributed by atoms with Crippen LogP contribution in [-0.4, -0.2) is 34.6 Å². The van der Waals surface area contributed by atoms with E-state index in [1.54, 1.807) is 24.3 Å². The van der Waals surface area contributed by atoms with Crippen LogP contribution in [0.3, 0.4) is 0 Å². The zero-order valence-corrected chi connectivity index (χ0v) is 14.8. The number of phenols is 1. The van der Waals surface area contributed by atoms with Crippen molar-refractivity contribution in [1.29, 1.82) is 0 Å². The summed E-state index contributed by atoms with van der Waals surface area (Å²) in [5, 5.41) is 23.6. The number of likely N-dealkylation sites (tertiary alicyclic amines) is 1. The first-order valence-electron chi connectivity index (χ1n) is 9.04. The van der Waals surface area contributed by atoms with E-state index in [1.807, 2.05) is 18.2 Å².